The number of fused-ring (bicyclic) bond motifs is 1. The van der Waals surface area contributed by atoms with Crippen molar-refractivity contribution >= 4 is 56.4 Å². The second-order valence-corrected chi connectivity index (χ2v) is 15.7. The molecule has 0 aliphatic carbocycles. The molecule has 0 radical (unpaired) electrons. The van der Waals surface area contributed by atoms with Crippen molar-refractivity contribution in [2.45, 2.75) is 36.0 Å². The predicted octanol–water partition coefficient (Wildman–Crippen LogP) is 8.27. The number of para-hydroxylation sites is 1. The van der Waals surface area contributed by atoms with E-state index in [1.54, 1.807) is 54.6 Å². The van der Waals surface area contributed by atoms with E-state index in [1.807, 2.05) is 30.3 Å². The van der Waals surface area contributed by atoms with Gasteiger partial charge in [-0.25, -0.2) is 13.2 Å². The average Bonchev–Trinajstić information content (AvgIpc) is 3.35. The van der Waals surface area contributed by atoms with Crippen molar-refractivity contribution in [3.63, 3.8) is 0 Å². The maximum Gasteiger partial charge on any atom is 0.418 e. The first-order valence-corrected chi connectivity index (χ1v) is 20.4. The van der Waals surface area contributed by atoms with Crippen LogP contribution in [0.1, 0.15) is 28.7 Å². The molecule has 0 unspecified atom stereocenters. The number of amides is 3. The number of nitrogens with zero attached hydrogens (tertiary/aromatic N) is 2. The van der Waals surface area contributed by atoms with E-state index in [0.717, 1.165) is 17.0 Å². The molecule has 16 heteroatoms. The van der Waals surface area contributed by atoms with E-state index >= 15 is 0 Å². The second kappa shape index (κ2) is 19.1. The number of carbonyl (C=O) groups excluding carboxylic acids is 3. The molecule has 6 rings (SSSR count). The molecular weight excluding hydrogens is 821 g/mol. The zero-order chi connectivity index (χ0) is 42.9. The van der Waals surface area contributed by atoms with Crippen LogP contribution in [0.3, 0.4) is 0 Å². The van der Waals surface area contributed by atoms with E-state index in [4.69, 9.17) is 26.1 Å². The van der Waals surface area contributed by atoms with Crippen LogP contribution in [0.4, 0.5) is 29.3 Å². The number of benzene rings is 5. The number of nitrogens with one attached hydrogen (secondary N) is 2. The molecular formula is C44H38ClF3N4O7S. The number of sulfone groups is 1. The van der Waals surface area contributed by atoms with Crippen molar-refractivity contribution in [3.05, 3.63) is 166 Å². The molecule has 2 N–H and O–H groups in total. The number of hydrogen-bond donors (Lipinski definition) is 2. The van der Waals surface area contributed by atoms with E-state index in [0.29, 0.717) is 47.2 Å². The Hall–Kier alpha value is -6.45. The third kappa shape index (κ3) is 11.0. The van der Waals surface area contributed by atoms with Gasteiger partial charge in [0.05, 0.1) is 34.7 Å². The summed E-state index contributed by atoms with van der Waals surface area (Å²) in [4.78, 5) is 47.3. The van der Waals surface area contributed by atoms with Gasteiger partial charge in [0, 0.05) is 27.6 Å². The molecule has 5 aromatic carbocycles. The van der Waals surface area contributed by atoms with Gasteiger partial charge >= 0.3 is 12.3 Å². The summed E-state index contributed by atoms with van der Waals surface area (Å²) in [6.45, 7) is -1.27. The molecule has 5 aromatic rings. The number of methoxy groups -OCH3 is 1. The smallest absolute Gasteiger partial charge is 0.418 e. The molecule has 1 heterocycles. The fourth-order valence-electron chi connectivity index (χ4n) is 6.37. The van der Waals surface area contributed by atoms with Crippen LogP contribution < -0.4 is 20.3 Å². The first-order valence-electron chi connectivity index (χ1n) is 18.5. The second-order valence-electron chi connectivity index (χ2n) is 13.5. The first-order chi connectivity index (χ1) is 28.7. The summed E-state index contributed by atoms with van der Waals surface area (Å²) in [7, 11) is -2.48. The minimum Gasteiger partial charge on any atom is -0.497 e. The Morgan fingerprint density at radius 3 is 2.27 bits per heavy atom. The zero-order valence-corrected chi connectivity index (χ0v) is 33.5. The molecule has 60 heavy (non-hydrogen) atoms. The minimum atomic E-state index is -4.85. The maximum atomic E-state index is 14.4. The highest BCUT2D eigenvalue weighted by molar-refractivity contribution is 7.94. The van der Waals surface area contributed by atoms with Gasteiger partial charge in [0.2, 0.25) is 5.91 Å². The third-order valence-electron chi connectivity index (χ3n) is 9.34. The van der Waals surface area contributed by atoms with Crippen LogP contribution >= 0.6 is 11.6 Å². The van der Waals surface area contributed by atoms with E-state index in [-0.39, 0.29) is 9.92 Å². The largest absolute Gasteiger partial charge is 0.497 e. The number of carbonyl (C=O) groups is 3. The monoisotopic (exact) mass is 858 g/mol. The lowest BCUT2D eigenvalue weighted by Crippen LogP contribution is -2.47. The summed E-state index contributed by atoms with van der Waals surface area (Å²) in [5, 5.41) is 5.76. The quantitative estimate of drug-likeness (QED) is 0.114. The summed E-state index contributed by atoms with van der Waals surface area (Å²) in [6.07, 6.45) is -4.00. The van der Waals surface area contributed by atoms with Crippen LogP contribution in [0.2, 0.25) is 5.02 Å². The number of benzodiazepines with no additional fused rings is 1. The Morgan fingerprint density at radius 2 is 1.58 bits per heavy atom. The van der Waals surface area contributed by atoms with Crippen molar-refractivity contribution in [1.29, 1.82) is 0 Å². The molecule has 2 atom stereocenters. The number of alkyl halides is 3. The lowest BCUT2D eigenvalue weighted by atomic mass is 10.00. The number of halogens is 4. The maximum absolute atomic E-state index is 14.4. The molecule has 0 saturated heterocycles. The fourth-order valence-corrected chi connectivity index (χ4v) is 7.61. The highest BCUT2D eigenvalue weighted by Gasteiger charge is 2.36. The van der Waals surface area contributed by atoms with Gasteiger partial charge in [-0.2, -0.15) is 13.2 Å². The molecule has 3 amide bonds. The summed E-state index contributed by atoms with van der Waals surface area (Å²) in [6, 6.07) is 31.4. The molecule has 310 valence electrons. The average molecular weight is 859 g/mol. The van der Waals surface area contributed by atoms with Crippen LogP contribution in [0.5, 0.6) is 5.75 Å². The van der Waals surface area contributed by atoms with Crippen molar-refractivity contribution < 1.29 is 45.4 Å². The van der Waals surface area contributed by atoms with Gasteiger partial charge in [0.25, 0.3) is 5.91 Å². The summed E-state index contributed by atoms with van der Waals surface area (Å²) in [5.41, 5.74) is 0.837. The third-order valence-corrected chi connectivity index (χ3v) is 11.0. The molecule has 0 fully saturated rings. The van der Waals surface area contributed by atoms with E-state index in [1.165, 1.54) is 48.4 Å². The lowest BCUT2D eigenvalue weighted by molar-refractivity contribution is -0.137. The van der Waals surface area contributed by atoms with Gasteiger partial charge in [-0.15, -0.1) is 0 Å². The molecule has 1 aliphatic rings. The van der Waals surface area contributed by atoms with Gasteiger partial charge in [-0.3, -0.25) is 19.9 Å². The number of rotatable bonds is 14. The van der Waals surface area contributed by atoms with Crippen LogP contribution in [0.15, 0.2) is 149 Å². The Morgan fingerprint density at radius 1 is 0.917 bits per heavy atom. The molecule has 0 spiro atoms. The number of hydrogen-bond acceptors (Lipinski definition) is 8. The van der Waals surface area contributed by atoms with Gasteiger partial charge in [0.15, 0.2) is 15.9 Å². The van der Waals surface area contributed by atoms with Gasteiger partial charge in [-0.05, 0) is 66.9 Å². The van der Waals surface area contributed by atoms with Crippen LogP contribution in [-0.4, -0.2) is 64.4 Å². The van der Waals surface area contributed by atoms with E-state index in [9.17, 15) is 36.0 Å². The molecule has 11 nitrogen and oxygen atoms in total. The normalized spacial score (nSPS) is 14.8. The number of ether oxygens (including phenoxy) is 2. The topological polar surface area (TPSA) is 143 Å². The standard InChI is InChI=1S/C44H38ClF3N4O7S/c1-58-33-19-21-34(22-20-33)60(56,57)25-24-32(18-16-29-10-4-2-5-11-29)49-40(53)27-52-39-15-9-8-14-35(39)41(30-12-6-3-7-13-30)50-38(42(52)54)28-59-43(55)51-37-23-17-31(45)26-36(37)44(46,47)48/h2-15,17,19-26,32,38H,16,18,27-28H2,1H3,(H,49,53)(H,51,55)/b25-24+/t32-,38+/m0/s1. The predicted molar refractivity (Wildman–Crippen MR) is 222 cm³/mol. The summed E-state index contributed by atoms with van der Waals surface area (Å²) >= 11 is 5.78. The van der Waals surface area contributed by atoms with Gasteiger partial charge in [-0.1, -0.05) is 96.5 Å². The zero-order valence-electron chi connectivity index (χ0n) is 31.9. The minimum absolute atomic E-state index is 0.0181. The van der Waals surface area contributed by atoms with Gasteiger partial charge in [0.1, 0.15) is 18.9 Å². The van der Waals surface area contributed by atoms with Crippen molar-refractivity contribution in [2.75, 3.05) is 30.5 Å². The lowest BCUT2D eigenvalue weighted by Gasteiger charge is -2.26. The van der Waals surface area contributed by atoms with Crippen LogP contribution in [0, 0.1) is 0 Å². The van der Waals surface area contributed by atoms with Crippen molar-refractivity contribution in [2.24, 2.45) is 4.99 Å². The fraction of sp³-hybridized carbons (Fsp3) is 0.182. The van der Waals surface area contributed by atoms with E-state index < -0.39 is 70.4 Å². The highest BCUT2D eigenvalue weighted by atomic mass is 35.5. The molecule has 0 bridgehead atoms. The Bertz CT molecular complexity index is 2500. The Balaban J connectivity index is 1.27. The number of aliphatic imine (C=N–C) groups is 1. The molecule has 0 saturated carbocycles. The Kier molecular flexibility index (Phi) is 13.7. The molecule has 0 aromatic heterocycles. The van der Waals surface area contributed by atoms with Gasteiger partial charge < -0.3 is 19.7 Å². The Labute approximate surface area is 349 Å². The van der Waals surface area contributed by atoms with E-state index in [2.05, 4.69) is 10.6 Å². The van der Waals surface area contributed by atoms with Crippen LogP contribution in [-0.2, 0) is 36.8 Å². The number of anilines is 2. The SMILES string of the molecule is COc1ccc(S(=O)(=O)/C=C/[C@H](CCc2ccccc2)NC(=O)CN2C(=O)[C@@H](COC(=O)Nc3ccc(Cl)cc3C(F)(F)F)N=C(c3ccccc3)c3ccccc32)cc1. The molecule has 1 aliphatic heterocycles. The number of aryl methyl sites for hydroxylation is 1. The summed E-state index contributed by atoms with van der Waals surface area (Å²) in [5.74, 6) is -0.922. The van der Waals surface area contributed by atoms with Crippen LogP contribution in [0.25, 0.3) is 0 Å². The van der Waals surface area contributed by atoms with Crippen molar-refractivity contribution in [1.82, 2.24) is 5.32 Å². The highest BCUT2D eigenvalue weighted by Crippen LogP contribution is 2.37. The van der Waals surface area contributed by atoms with Crippen molar-refractivity contribution in [3.8, 4) is 5.75 Å². The summed E-state index contributed by atoms with van der Waals surface area (Å²) < 4.78 is 78.3. The first kappa shape index (κ1) is 43.1.